The van der Waals surface area contributed by atoms with Crippen molar-refractivity contribution >= 4 is 11.0 Å². The molecule has 7 nitrogen and oxygen atoms in total. The van der Waals surface area contributed by atoms with Gasteiger partial charge in [0, 0.05) is 49.6 Å². The first-order valence-corrected chi connectivity index (χ1v) is 11.1. The van der Waals surface area contributed by atoms with Crippen molar-refractivity contribution in [2.24, 2.45) is 7.05 Å². The minimum Gasteiger partial charge on any atom is -0.487 e. The number of nitrogens with one attached hydrogen (secondary N) is 1. The lowest BCUT2D eigenvalue weighted by molar-refractivity contribution is 0.300. The van der Waals surface area contributed by atoms with Gasteiger partial charge in [0.1, 0.15) is 23.8 Å². The van der Waals surface area contributed by atoms with E-state index in [1.807, 2.05) is 24.4 Å². The van der Waals surface area contributed by atoms with Crippen molar-refractivity contribution in [3.8, 4) is 11.6 Å². The van der Waals surface area contributed by atoms with Gasteiger partial charge in [-0.25, -0.2) is 4.98 Å². The molecule has 1 aliphatic heterocycles. The van der Waals surface area contributed by atoms with E-state index in [1.54, 1.807) is 16.8 Å². The molecule has 0 aromatic carbocycles. The summed E-state index contributed by atoms with van der Waals surface area (Å²) in [5, 5.41) is 4.62. The van der Waals surface area contributed by atoms with Crippen LogP contribution < -0.4 is 15.6 Å². The molecule has 7 heteroatoms. The Bertz CT molecular complexity index is 1320. The van der Waals surface area contributed by atoms with Gasteiger partial charge in [0.05, 0.1) is 5.69 Å². The Kier molecular flexibility index (Phi) is 5.49. The average Bonchev–Trinajstić information content (AvgIpc) is 2.97. The third-order valence-corrected chi connectivity index (χ3v) is 6.17. The van der Waals surface area contributed by atoms with Gasteiger partial charge in [-0.3, -0.25) is 14.3 Å². The molecule has 0 radical (unpaired) electrons. The number of nitrogens with zero attached hydrogens (tertiary/aromatic N) is 4. The normalized spacial score (nSPS) is 13.7. The molecule has 5 heterocycles. The number of hydrogen-bond acceptors (Lipinski definition) is 5. The van der Waals surface area contributed by atoms with Crippen molar-refractivity contribution in [2.45, 2.75) is 32.8 Å². The highest BCUT2D eigenvalue weighted by Gasteiger charge is 2.18. The largest absolute Gasteiger partial charge is 0.487 e. The molecule has 0 aliphatic carbocycles. The summed E-state index contributed by atoms with van der Waals surface area (Å²) < 4.78 is 9.51. The lowest BCUT2D eigenvalue weighted by Crippen LogP contribution is -2.18. The van der Waals surface area contributed by atoms with Crippen molar-refractivity contribution < 1.29 is 4.74 Å². The predicted molar refractivity (Wildman–Crippen MR) is 125 cm³/mol. The lowest BCUT2D eigenvalue weighted by Gasteiger charge is -2.09. The molecule has 4 aromatic heterocycles. The highest BCUT2D eigenvalue weighted by atomic mass is 16.5. The van der Waals surface area contributed by atoms with E-state index in [1.165, 1.54) is 28.3 Å². The summed E-state index contributed by atoms with van der Waals surface area (Å²) in [5.74, 6) is 1.13. The molecule has 0 unspecified atom stereocenters. The number of aryl methyl sites for hydroxylation is 2. The topological polar surface area (TPSA) is 74.0 Å². The molecule has 164 valence electrons. The number of hydrogen-bond donors (Lipinski definition) is 1. The molecule has 0 fully saturated rings. The fraction of sp³-hybridized carbons (Fsp3) is 0.320. The third-order valence-electron chi connectivity index (χ3n) is 6.17. The highest BCUT2D eigenvalue weighted by molar-refractivity contribution is 5.83. The van der Waals surface area contributed by atoms with Gasteiger partial charge >= 0.3 is 0 Å². The number of rotatable bonds is 5. The fourth-order valence-electron chi connectivity index (χ4n) is 4.34. The summed E-state index contributed by atoms with van der Waals surface area (Å²) in [6, 6.07) is 11.3. The van der Waals surface area contributed by atoms with Gasteiger partial charge in [-0.15, -0.1) is 0 Å². The average molecular weight is 430 g/mol. The monoisotopic (exact) mass is 429 g/mol. The summed E-state index contributed by atoms with van der Waals surface area (Å²) in [6.07, 6.45) is 6.51. The first kappa shape index (κ1) is 20.5. The summed E-state index contributed by atoms with van der Waals surface area (Å²) in [6.45, 7) is 4.37. The van der Waals surface area contributed by atoms with E-state index in [0.717, 1.165) is 43.7 Å². The van der Waals surface area contributed by atoms with Gasteiger partial charge < -0.3 is 14.6 Å². The Labute approximate surface area is 186 Å². The van der Waals surface area contributed by atoms with E-state index >= 15 is 0 Å². The zero-order valence-electron chi connectivity index (χ0n) is 18.5. The van der Waals surface area contributed by atoms with E-state index in [4.69, 9.17) is 9.72 Å². The van der Waals surface area contributed by atoms with E-state index in [0.29, 0.717) is 18.2 Å². The third kappa shape index (κ3) is 3.80. The molecule has 5 rings (SSSR count). The predicted octanol–water partition coefficient (Wildman–Crippen LogP) is 2.95. The van der Waals surface area contributed by atoms with E-state index in [-0.39, 0.29) is 5.56 Å². The second-order valence-electron chi connectivity index (χ2n) is 8.15. The molecule has 1 N–H and O–H groups in total. The summed E-state index contributed by atoms with van der Waals surface area (Å²) in [4.78, 5) is 22.0. The molecule has 1 aliphatic rings. The molecule has 0 bridgehead atoms. The van der Waals surface area contributed by atoms with Crippen molar-refractivity contribution in [1.29, 1.82) is 0 Å². The second kappa shape index (κ2) is 8.59. The van der Waals surface area contributed by atoms with Crippen LogP contribution in [0.4, 0.5) is 0 Å². The zero-order valence-corrected chi connectivity index (χ0v) is 18.5. The Hall–Kier alpha value is -3.45. The Morgan fingerprint density at radius 1 is 1.12 bits per heavy atom. The van der Waals surface area contributed by atoms with Crippen LogP contribution in [0, 0.1) is 0 Å². The van der Waals surface area contributed by atoms with Crippen LogP contribution in [0.1, 0.15) is 29.4 Å². The maximum absolute atomic E-state index is 12.8. The van der Waals surface area contributed by atoms with Gasteiger partial charge in [-0.1, -0.05) is 13.0 Å². The van der Waals surface area contributed by atoms with Crippen LogP contribution in [-0.4, -0.2) is 32.2 Å². The van der Waals surface area contributed by atoms with E-state index in [2.05, 4.69) is 34.9 Å². The van der Waals surface area contributed by atoms with Crippen LogP contribution in [0.25, 0.3) is 16.9 Å². The summed E-state index contributed by atoms with van der Waals surface area (Å²) in [7, 11) is 2.06. The van der Waals surface area contributed by atoms with Crippen molar-refractivity contribution in [2.75, 3.05) is 13.1 Å². The molecule has 0 spiro atoms. The first-order chi connectivity index (χ1) is 15.6. The first-order valence-electron chi connectivity index (χ1n) is 11.1. The van der Waals surface area contributed by atoms with Crippen molar-refractivity contribution in [1.82, 2.24) is 24.4 Å². The maximum atomic E-state index is 12.8. The smallest absolute Gasteiger partial charge is 0.259 e. The minimum atomic E-state index is -0.177. The minimum absolute atomic E-state index is 0.177. The van der Waals surface area contributed by atoms with Gasteiger partial charge in [0.25, 0.3) is 5.56 Å². The van der Waals surface area contributed by atoms with Crippen LogP contribution in [0.2, 0.25) is 0 Å². The SMILES string of the molecule is CCc1ccc(COc2ccn(-c3ccc4c5c(n(C)c4n3)CCNCC5)c(=O)c2)nc1. The molecule has 32 heavy (non-hydrogen) atoms. The van der Waals surface area contributed by atoms with Crippen LogP contribution in [-0.2, 0) is 32.9 Å². The molecule has 0 saturated carbocycles. The Balaban J connectivity index is 1.40. The molecular weight excluding hydrogens is 402 g/mol. The molecule has 0 amide bonds. The molecule has 4 aromatic rings. The zero-order chi connectivity index (χ0) is 22.1. The second-order valence-corrected chi connectivity index (χ2v) is 8.15. The highest BCUT2D eigenvalue weighted by Crippen LogP contribution is 2.27. The van der Waals surface area contributed by atoms with Crippen molar-refractivity contribution in [3.05, 3.63) is 81.7 Å². The number of pyridine rings is 3. The van der Waals surface area contributed by atoms with Gasteiger partial charge in [-0.2, -0.15) is 0 Å². The van der Waals surface area contributed by atoms with Gasteiger partial charge in [0.2, 0.25) is 0 Å². The van der Waals surface area contributed by atoms with E-state index < -0.39 is 0 Å². The fourth-order valence-corrected chi connectivity index (χ4v) is 4.34. The van der Waals surface area contributed by atoms with Crippen LogP contribution in [0.15, 0.2) is 53.6 Å². The van der Waals surface area contributed by atoms with E-state index in [9.17, 15) is 4.79 Å². The number of aromatic nitrogens is 4. The van der Waals surface area contributed by atoms with Crippen molar-refractivity contribution in [3.63, 3.8) is 0 Å². The molecule has 0 atom stereocenters. The summed E-state index contributed by atoms with van der Waals surface area (Å²) >= 11 is 0. The van der Waals surface area contributed by atoms with Crippen LogP contribution >= 0.6 is 0 Å². The van der Waals surface area contributed by atoms with Crippen LogP contribution in [0.5, 0.6) is 5.75 Å². The Morgan fingerprint density at radius 2 is 2.00 bits per heavy atom. The standard InChI is InChI=1S/C25H27N5O2/c1-3-17-4-5-18(27-15-17)16-32-19-10-13-30(24(31)14-19)23-7-6-21-20-8-11-26-12-9-22(20)29(2)25(21)28-23/h4-7,10,13-15,26H,3,8-9,11-12,16H2,1-2H3. The quantitative estimate of drug-likeness (QED) is 0.528. The molecular formula is C25H27N5O2. The number of ether oxygens (including phenoxy) is 1. The maximum Gasteiger partial charge on any atom is 0.259 e. The van der Waals surface area contributed by atoms with Gasteiger partial charge in [-0.05, 0) is 54.8 Å². The molecule has 0 saturated heterocycles. The number of fused-ring (bicyclic) bond motifs is 3. The Morgan fingerprint density at radius 3 is 2.78 bits per heavy atom. The lowest BCUT2D eigenvalue weighted by atomic mass is 10.1. The van der Waals surface area contributed by atoms with Gasteiger partial charge in [0.15, 0.2) is 0 Å². The summed E-state index contributed by atoms with van der Waals surface area (Å²) in [5.41, 5.74) is 5.45. The van der Waals surface area contributed by atoms with Crippen LogP contribution in [0.3, 0.4) is 0 Å².